The summed E-state index contributed by atoms with van der Waals surface area (Å²) in [4.78, 5) is 11.2. The third-order valence-electron chi connectivity index (χ3n) is 1.54. The number of halogens is 1. The van der Waals surface area contributed by atoms with E-state index in [4.69, 9.17) is 11.2 Å². The highest BCUT2D eigenvalue weighted by atomic mass is 127. The predicted octanol–water partition coefficient (Wildman–Crippen LogP) is 1.32. The Morgan fingerprint density at radius 3 is 2.62 bits per heavy atom. The van der Waals surface area contributed by atoms with Crippen LogP contribution in [0.4, 0.5) is 0 Å². The number of aliphatic hydroxyl groups is 1. The summed E-state index contributed by atoms with van der Waals surface area (Å²) < 4.78 is 8.88. The van der Waals surface area contributed by atoms with Crippen molar-refractivity contribution in [2.45, 2.75) is 10.4 Å². The maximum Gasteiger partial charge on any atom is 0.378 e. The molecule has 0 radical (unpaired) electrons. The monoisotopic (exact) mass is 332 g/mol. The normalized spacial score (nSPS) is 13.3. The van der Waals surface area contributed by atoms with Gasteiger partial charge < -0.3 is 14.6 Å². The van der Waals surface area contributed by atoms with E-state index < -0.39 is 16.4 Å². The lowest BCUT2D eigenvalue weighted by atomic mass is 10.3. The average Bonchev–Trinajstić information content (AvgIpc) is 2.30. The molecule has 0 spiro atoms. The Balaban J connectivity index is 2.50. The van der Waals surface area contributed by atoms with Gasteiger partial charge in [0.1, 0.15) is 5.75 Å². The Labute approximate surface area is 107 Å². The second kappa shape index (κ2) is 6.35. The molecule has 1 N–H and O–H groups in total. The molecular formula is C11H9IO4. The summed E-state index contributed by atoms with van der Waals surface area (Å²) in [5.41, 5.74) is 0. The van der Waals surface area contributed by atoms with E-state index in [2.05, 4.69) is 10.7 Å². The number of benzene rings is 1. The van der Waals surface area contributed by atoms with Crippen LogP contribution in [0.15, 0.2) is 30.3 Å². The van der Waals surface area contributed by atoms with Gasteiger partial charge in [-0.2, -0.15) is 0 Å². The van der Waals surface area contributed by atoms with Gasteiger partial charge in [0, 0.05) is 0 Å². The van der Waals surface area contributed by atoms with Crippen molar-refractivity contribution in [1.82, 2.24) is 0 Å². The van der Waals surface area contributed by atoms with Crippen LogP contribution < -0.4 is 4.74 Å². The van der Waals surface area contributed by atoms with Crippen LogP contribution in [0.25, 0.3) is 0 Å². The van der Waals surface area contributed by atoms with Crippen LogP contribution in [-0.2, 0) is 9.53 Å². The summed E-state index contributed by atoms with van der Waals surface area (Å²) in [6.45, 7) is 0. The van der Waals surface area contributed by atoms with E-state index in [0.717, 1.165) is 0 Å². The zero-order chi connectivity index (χ0) is 12.0. The molecule has 2 atom stereocenters. The van der Waals surface area contributed by atoms with Gasteiger partial charge in [-0.25, -0.2) is 4.79 Å². The molecule has 0 aliphatic heterocycles. The molecule has 4 nitrogen and oxygen atoms in total. The van der Waals surface area contributed by atoms with Crippen LogP contribution in [0.3, 0.4) is 0 Å². The van der Waals surface area contributed by atoms with Gasteiger partial charge >= 0.3 is 5.97 Å². The molecule has 0 bridgehead atoms. The largest absolute Gasteiger partial charge is 0.454 e. The van der Waals surface area contributed by atoms with E-state index in [1.807, 2.05) is 0 Å². The molecule has 0 heterocycles. The van der Waals surface area contributed by atoms with Crippen molar-refractivity contribution >= 4 is 28.6 Å². The van der Waals surface area contributed by atoms with Crippen LogP contribution in [0.5, 0.6) is 5.75 Å². The topological polar surface area (TPSA) is 55.8 Å². The summed E-state index contributed by atoms with van der Waals surface area (Å²) in [7, 11) is 0. The van der Waals surface area contributed by atoms with Gasteiger partial charge in [0.2, 0.25) is 4.11 Å². The first kappa shape index (κ1) is 12.8. The van der Waals surface area contributed by atoms with Gasteiger partial charge in [0.15, 0.2) is 0 Å². The molecule has 0 saturated carbocycles. The fourth-order valence-corrected chi connectivity index (χ4v) is 1.12. The lowest BCUT2D eigenvalue weighted by molar-refractivity contribution is -0.168. The van der Waals surface area contributed by atoms with Crippen LogP contribution in [0, 0.1) is 12.3 Å². The van der Waals surface area contributed by atoms with Crippen molar-refractivity contribution in [3.05, 3.63) is 30.3 Å². The zero-order valence-corrected chi connectivity index (χ0v) is 10.3. The molecule has 16 heavy (non-hydrogen) atoms. The molecule has 0 fully saturated rings. The number of rotatable bonds is 4. The standard InChI is InChI=1S/C11H9IO4/c1-2-9(12)16-11(14)10(13)15-8-6-4-3-5-7-8/h1,3-7,9-10,13H. The van der Waals surface area contributed by atoms with E-state index in [1.54, 1.807) is 52.9 Å². The van der Waals surface area contributed by atoms with Gasteiger partial charge in [0.25, 0.3) is 6.29 Å². The zero-order valence-electron chi connectivity index (χ0n) is 8.17. The lowest BCUT2D eigenvalue weighted by Crippen LogP contribution is -2.30. The number of esters is 1. The number of terminal acetylenes is 1. The molecule has 2 unspecified atom stereocenters. The van der Waals surface area contributed by atoms with Crippen LogP contribution in [0.1, 0.15) is 0 Å². The number of aliphatic hydroxyl groups excluding tert-OH is 1. The predicted molar refractivity (Wildman–Crippen MR) is 65.8 cm³/mol. The minimum Gasteiger partial charge on any atom is -0.454 e. The van der Waals surface area contributed by atoms with Gasteiger partial charge in [0.05, 0.1) is 0 Å². The SMILES string of the molecule is C#CC(I)OC(=O)C(O)Oc1ccccc1. The van der Waals surface area contributed by atoms with Crippen molar-refractivity contribution < 1.29 is 19.4 Å². The number of carbonyl (C=O) groups excluding carboxylic acids is 1. The number of carbonyl (C=O) groups is 1. The second-order valence-corrected chi connectivity index (χ2v) is 3.83. The number of para-hydroxylation sites is 1. The second-order valence-electron chi connectivity index (χ2n) is 2.70. The molecule has 1 aromatic rings. The Morgan fingerprint density at radius 1 is 1.44 bits per heavy atom. The summed E-state index contributed by atoms with van der Waals surface area (Å²) in [5.74, 6) is 1.65. The number of hydrogen-bond acceptors (Lipinski definition) is 4. The van der Waals surface area contributed by atoms with Crippen molar-refractivity contribution in [2.75, 3.05) is 0 Å². The Bertz CT molecular complexity index is 385. The molecule has 1 rings (SSSR count). The van der Waals surface area contributed by atoms with E-state index in [0.29, 0.717) is 5.75 Å². The fraction of sp³-hybridized carbons (Fsp3) is 0.182. The minimum atomic E-state index is -1.67. The maximum atomic E-state index is 11.2. The lowest BCUT2D eigenvalue weighted by Gasteiger charge is -2.13. The van der Waals surface area contributed by atoms with E-state index in [-0.39, 0.29) is 0 Å². The van der Waals surface area contributed by atoms with Crippen LogP contribution in [0.2, 0.25) is 0 Å². The first-order chi connectivity index (χ1) is 7.63. The van der Waals surface area contributed by atoms with Crippen molar-refractivity contribution in [3.8, 4) is 18.1 Å². The van der Waals surface area contributed by atoms with Gasteiger partial charge in [-0.3, -0.25) is 0 Å². The van der Waals surface area contributed by atoms with Gasteiger partial charge in [-0.1, -0.05) is 24.1 Å². The molecule has 1 aromatic carbocycles. The van der Waals surface area contributed by atoms with E-state index >= 15 is 0 Å². The summed E-state index contributed by atoms with van der Waals surface area (Å²) in [6, 6.07) is 8.45. The maximum absolute atomic E-state index is 11.2. The van der Waals surface area contributed by atoms with Gasteiger partial charge in [-0.15, -0.1) is 6.42 Å². The summed E-state index contributed by atoms with van der Waals surface area (Å²) >= 11 is 1.74. The molecule has 0 saturated heterocycles. The summed E-state index contributed by atoms with van der Waals surface area (Å²) in [5, 5.41) is 9.35. The molecular weight excluding hydrogens is 323 g/mol. The average molecular weight is 332 g/mol. The fourth-order valence-electron chi connectivity index (χ4n) is 0.870. The number of alkyl halides is 1. The van der Waals surface area contributed by atoms with Crippen LogP contribution >= 0.6 is 22.6 Å². The quantitative estimate of drug-likeness (QED) is 0.297. The highest BCUT2D eigenvalue weighted by Crippen LogP contribution is 2.11. The molecule has 0 aromatic heterocycles. The van der Waals surface area contributed by atoms with Gasteiger partial charge in [-0.05, 0) is 34.7 Å². The van der Waals surface area contributed by atoms with Crippen molar-refractivity contribution in [3.63, 3.8) is 0 Å². The minimum absolute atomic E-state index is 0.373. The van der Waals surface area contributed by atoms with Crippen molar-refractivity contribution in [1.29, 1.82) is 0 Å². The number of hydrogen-bond donors (Lipinski definition) is 1. The van der Waals surface area contributed by atoms with Crippen LogP contribution in [-0.4, -0.2) is 21.5 Å². The van der Waals surface area contributed by atoms with Crippen molar-refractivity contribution in [2.24, 2.45) is 0 Å². The first-order valence-corrected chi connectivity index (χ1v) is 5.58. The summed E-state index contributed by atoms with van der Waals surface area (Å²) in [6.07, 6.45) is 3.34. The molecule has 0 aliphatic rings. The first-order valence-electron chi connectivity index (χ1n) is 4.34. The van der Waals surface area contributed by atoms with E-state index in [1.165, 1.54) is 0 Å². The molecule has 84 valence electrons. The Hall–Kier alpha value is -1.26. The third kappa shape index (κ3) is 4.08. The highest BCUT2D eigenvalue weighted by molar-refractivity contribution is 14.1. The molecule has 5 heteroatoms. The molecule has 0 aliphatic carbocycles. The number of ether oxygens (including phenoxy) is 2. The Morgan fingerprint density at radius 2 is 2.06 bits per heavy atom. The molecule has 0 amide bonds. The Kier molecular flexibility index (Phi) is 5.08. The van der Waals surface area contributed by atoms with E-state index in [9.17, 15) is 9.90 Å². The highest BCUT2D eigenvalue weighted by Gasteiger charge is 2.20. The third-order valence-corrected chi connectivity index (χ3v) is 2.16. The smallest absolute Gasteiger partial charge is 0.378 e.